The van der Waals surface area contributed by atoms with E-state index in [1.54, 1.807) is 0 Å². The van der Waals surface area contributed by atoms with Crippen LogP contribution in [0.2, 0.25) is 0 Å². The van der Waals surface area contributed by atoms with Crippen LogP contribution < -0.4 is 0 Å². The molecule has 58 heavy (non-hydrogen) atoms. The van der Waals surface area contributed by atoms with Crippen molar-refractivity contribution in [1.82, 2.24) is 15.0 Å². The number of fused-ring (bicyclic) bond motifs is 13. The zero-order chi connectivity index (χ0) is 38.6. The van der Waals surface area contributed by atoms with Crippen LogP contribution in [0.3, 0.4) is 0 Å². The zero-order valence-electron chi connectivity index (χ0n) is 32.2. The summed E-state index contributed by atoms with van der Waals surface area (Å²) in [5.41, 5.74) is 20.2. The lowest BCUT2D eigenvalue weighted by Gasteiger charge is -2.30. The second-order valence-corrected chi connectivity index (χ2v) is 16.3. The molecule has 0 unspecified atom stereocenters. The normalized spacial score (nSPS) is 14.3. The second kappa shape index (κ2) is 12.1. The van der Waals surface area contributed by atoms with Crippen molar-refractivity contribution in [2.45, 2.75) is 24.7 Å². The van der Waals surface area contributed by atoms with Gasteiger partial charge in [0.15, 0.2) is 17.5 Å². The van der Waals surface area contributed by atoms with E-state index >= 15 is 0 Å². The zero-order valence-corrected chi connectivity index (χ0v) is 32.2. The van der Waals surface area contributed by atoms with E-state index in [1.807, 2.05) is 18.2 Å². The van der Waals surface area contributed by atoms with Crippen LogP contribution in [-0.2, 0) is 10.8 Å². The lowest BCUT2D eigenvalue weighted by Crippen LogP contribution is -2.25. The minimum Gasteiger partial charge on any atom is -0.208 e. The standard InChI is InChI=1S/C55H37N3/c1-54(2)44-26-12-8-20-37(44)40-32-31-35(33-49(40)54)52-56-51(34-17-4-3-5-18-34)57-53(58-52)42-23-7-6-19-36(42)41-25-16-30-48-50(41)43-24-11-15-29-47(43)55(48)45-27-13-9-21-38(45)39-22-10-14-28-46(39)55/h3-33H,1-2H3. The highest BCUT2D eigenvalue weighted by Gasteiger charge is 2.52. The summed E-state index contributed by atoms with van der Waals surface area (Å²) < 4.78 is 0. The van der Waals surface area contributed by atoms with Crippen LogP contribution in [0.1, 0.15) is 47.2 Å². The number of aromatic nitrogens is 3. The van der Waals surface area contributed by atoms with E-state index < -0.39 is 5.41 Å². The first-order chi connectivity index (χ1) is 28.5. The van der Waals surface area contributed by atoms with Crippen molar-refractivity contribution in [3.63, 3.8) is 0 Å². The van der Waals surface area contributed by atoms with Gasteiger partial charge >= 0.3 is 0 Å². The van der Waals surface area contributed by atoms with Crippen LogP contribution in [0.15, 0.2) is 188 Å². The summed E-state index contributed by atoms with van der Waals surface area (Å²) in [7, 11) is 0. The maximum absolute atomic E-state index is 5.35. The Morgan fingerprint density at radius 3 is 1.41 bits per heavy atom. The van der Waals surface area contributed by atoms with E-state index in [-0.39, 0.29) is 5.41 Å². The maximum atomic E-state index is 5.35. The highest BCUT2D eigenvalue weighted by atomic mass is 15.0. The molecule has 3 nitrogen and oxygen atoms in total. The molecule has 9 aromatic rings. The molecule has 3 aliphatic rings. The first kappa shape index (κ1) is 33.0. The van der Waals surface area contributed by atoms with Gasteiger partial charge in [0.25, 0.3) is 0 Å². The van der Waals surface area contributed by atoms with Gasteiger partial charge in [0.2, 0.25) is 0 Å². The number of hydrogen-bond donors (Lipinski definition) is 0. The minimum absolute atomic E-state index is 0.145. The lowest BCUT2D eigenvalue weighted by molar-refractivity contribution is 0.660. The van der Waals surface area contributed by atoms with Crippen molar-refractivity contribution < 1.29 is 0 Å². The maximum Gasteiger partial charge on any atom is 0.164 e. The molecule has 1 spiro atoms. The number of hydrogen-bond acceptors (Lipinski definition) is 3. The van der Waals surface area contributed by atoms with Crippen molar-refractivity contribution in [3.05, 3.63) is 221 Å². The number of rotatable bonds is 4. The van der Waals surface area contributed by atoms with E-state index in [1.165, 1.54) is 72.3 Å². The van der Waals surface area contributed by atoms with E-state index in [4.69, 9.17) is 15.0 Å². The summed E-state index contributed by atoms with van der Waals surface area (Å²) in [4.78, 5) is 15.8. The fourth-order valence-corrected chi connectivity index (χ4v) is 10.5. The summed E-state index contributed by atoms with van der Waals surface area (Å²) in [5.74, 6) is 1.97. The highest BCUT2D eigenvalue weighted by Crippen LogP contribution is 2.64. The molecule has 12 rings (SSSR count). The van der Waals surface area contributed by atoms with E-state index in [9.17, 15) is 0 Å². The number of nitrogens with zero attached hydrogens (tertiary/aromatic N) is 3. The third-order valence-corrected chi connectivity index (χ3v) is 13.0. The Morgan fingerprint density at radius 1 is 0.293 bits per heavy atom. The molecule has 3 aliphatic carbocycles. The average Bonchev–Trinajstić information content (AvgIpc) is 3.85. The minimum atomic E-state index is -0.425. The van der Waals surface area contributed by atoms with Crippen LogP contribution in [-0.4, -0.2) is 15.0 Å². The lowest BCUT2D eigenvalue weighted by atomic mass is 9.70. The molecule has 1 aromatic heterocycles. The topological polar surface area (TPSA) is 38.7 Å². The summed E-state index contributed by atoms with van der Waals surface area (Å²) in [6.07, 6.45) is 0. The molecule has 1 heterocycles. The first-order valence-corrected chi connectivity index (χ1v) is 20.1. The molecule has 272 valence electrons. The molecule has 0 N–H and O–H groups in total. The predicted molar refractivity (Wildman–Crippen MR) is 235 cm³/mol. The third-order valence-electron chi connectivity index (χ3n) is 13.0. The molecule has 0 bridgehead atoms. The largest absolute Gasteiger partial charge is 0.208 e. The van der Waals surface area contributed by atoms with Gasteiger partial charge in [-0.15, -0.1) is 0 Å². The Bertz CT molecular complexity index is 3110. The van der Waals surface area contributed by atoms with Gasteiger partial charge < -0.3 is 0 Å². The van der Waals surface area contributed by atoms with Gasteiger partial charge in [-0.2, -0.15) is 0 Å². The molecular formula is C55H37N3. The van der Waals surface area contributed by atoms with Gasteiger partial charge in [0.1, 0.15) is 0 Å². The Labute approximate surface area is 338 Å². The molecule has 0 saturated heterocycles. The molecule has 3 heteroatoms. The Kier molecular flexibility index (Phi) is 6.90. The average molecular weight is 740 g/mol. The van der Waals surface area contributed by atoms with Gasteiger partial charge in [-0.05, 0) is 84.0 Å². The third kappa shape index (κ3) is 4.41. The molecule has 0 amide bonds. The number of benzene rings is 8. The molecular weight excluding hydrogens is 703 g/mol. The quantitative estimate of drug-likeness (QED) is 0.180. The van der Waals surface area contributed by atoms with Crippen molar-refractivity contribution in [1.29, 1.82) is 0 Å². The summed E-state index contributed by atoms with van der Waals surface area (Å²) >= 11 is 0. The summed E-state index contributed by atoms with van der Waals surface area (Å²) in [6, 6.07) is 68.2. The summed E-state index contributed by atoms with van der Waals surface area (Å²) in [5, 5.41) is 0. The second-order valence-electron chi connectivity index (χ2n) is 16.3. The molecule has 0 saturated carbocycles. The van der Waals surface area contributed by atoms with Crippen molar-refractivity contribution in [2.75, 3.05) is 0 Å². The van der Waals surface area contributed by atoms with E-state index in [0.29, 0.717) is 17.5 Å². The van der Waals surface area contributed by atoms with Crippen LogP contribution >= 0.6 is 0 Å². The summed E-state index contributed by atoms with van der Waals surface area (Å²) in [6.45, 7) is 4.63. The fraction of sp³-hybridized carbons (Fsp3) is 0.0727. The molecule has 0 radical (unpaired) electrons. The van der Waals surface area contributed by atoms with Gasteiger partial charge in [-0.3, -0.25) is 0 Å². The van der Waals surface area contributed by atoms with Gasteiger partial charge in [-0.25, -0.2) is 15.0 Å². The van der Waals surface area contributed by atoms with Crippen LogP contribution in [0.4, 0.5) is 0 Å². The van der Waals surface area contributed by atoms with E-state index in [2.05, 4.69) is 184 Å². The molecule has 0 atom stereocenters. The van der Waals surface area contributed by atoms with Gasteiger partial charge in [0, 0.05) is 22.1 Å². The first-order valence-electron chi connectivity index (χ1n) is 20.1. The highest BCUT2D eigenvalue weighted by molar-refractivity contribution is 6.01. The van der Waals surface area contributed by atoms with Gasteiger partial charge in [0.05, 0.1) is 5.41 Å². The van der Waals surface area contributed by atoms with Crippen molar-refractivity contribution >= 4 is 0 Å². The Hall–Kier alpha value is -7.23. The van der Waals surface area contributed by atoms with Crippen LogP contribution in [0.5, 0.6) is 0 Å². The monoisotopic (exact) mass is 739 g/mol. The predicted octanol–water partition coefficient (Wildman–Crippen LogP) is 13.2. The fourth-order valence-electron chi connectivity index (χ4n) is 10.5. The van der Waals surface area contributed by atoms with Crippen molar-refractivity contribution in [3.8, 4) is 78.7 Å². The Morgan fingerprint density at radius 2 is 0.741 bits per heavy atom. The van der Waals surface area contributed by atoms with Gasteiger partial charge in [-0.1, -0.05) is 196 Å². The van der Waals surface area contributed by atoms with E-state index in [0.717, 1.165) is 22.3 Å². The molecule has 0 fully saturated rings. The van der Waals surface area contributed by atoms with Crippen molar-refractivity contribution in [2.24, 2.45) is 0 Å². The molecule has 8 aromatic carbocycles. The SMILES string of the molecule is CC1(C)c2ccccc2-c2ccc(-c3nc(-c4ccccc4)nc(-c4ccccc4-c4cccc5c4-c4ccccc4C54c5ccccc5-c5ccccc54)n3)cc21. The van der Waals surface area contributed by atoms with Crippen LogP contribution in [0, 0.1) is 0 Å². The van der Waals surface area contributed by atoms with Crippen LogP contribution in [0.25, 0.3) is 78.7 Å². The molecule has 0 aliphatic heterocycles. The Balaban J connectivity index is 1.08. The smallest absolute Gasteiger partial charge is 0.164 e.